The molecule has 0 saturated carbocycles. The monoisotopic (exact) mass is 661 g/mol. The Morgan fingerprint density at radius 1 is 0.955 bits per heavy atom. The third-order valence-electron chi connectivity index (χ3n) is 7.04. The number of sulfonamides is 1. The number of benzene rings is 3. The third kappa shape index (κ3) is 10.7. The van der Waals surface area contributed by atoms with Crippen molar-refractivity contribution in [3.63, 3.8) is 0 Å². The number of ether oxygens (including phenoxy) is 1. The molecule has 0 aliphatic carbocycles. The molecule has 0 aliphatic rings. The SMILES string of the molecule is CCCCNC(=O)[C@H](Cc1ccccc1)N(Cc1ccc(Cl)cc1Cl)C(=O)CCCN(c1ccc(OCC)cc1)S(C)(=O)=O. The smallest absolute Gasteiger partial charge is 0.243 e. The molecule has 1 atom stereocenters. The van der Waals surface area contributed by atoms with Gasteiger partial charge in [-0.3, -0.25) is 13.9 Å². The molecule has 0 fully saturated rings. The second kappa shape index (κ2) is 17.3. The lowest BCUT2D eigenvalue weighted by atomic mass is 10.0. The second-order valence-corrected chi connectivity index (χ2v) is 13.2. The Hall–Kier alpha value is -3.27. The van der Waals surface area contributed by atoms with Crippen LogP contribution in [0.4, 0.5) is 5.69 Å². The van der Waals surface area contributed by atoms with Gasteiger partial charge in [0.25, 0.3) is 0 Å². The second-order valence-electron chi connectivity index (χ2n) is 10.5. The van der Waals surface area contributed by atoms with Crippen LogP contribution in [0.2, 0.25) is 10.0 Å². The van der Waals surface area contributed by atoms with Gasteiger partial charge in [-0.05, 0) is 67.3 Å². The number of anilines is 1. The molecule has 0 aromatic heterocycles. The van der Waals surface area contributed by atoms with Crippen LogP contribution < -0.4 is 14.4 Å². The van der Waals surface area contributed by atoms with E-state index in [0.29, 0.717) is 46.6 Å². The van der Waals surface area contributed by atoms with Gasteiger partial charge in [0.1, 0.15) is 11.8 Å². The number of hydrogen-bond acceptors (Lipinski definition) is 5. The Bertz CT molecular complexity index is 1470. The lowest BCUT2D eigenvalue weighted by Gasteiger charge is -2.32. The predicted octanol–water partition coefficient (Wildman–Crippen LogP) is 6.49. The summed E-state index contributed by atoms with van der Waals surface area (Å²) in [5.74, 6) is 0.0914. The molecule has 44 heavy (non-hydrogen) atoms. The number of carbonyl (C=O) groups excluding carboxylic acids is 2. The summed E-state index contributed by atoms with van der Waals surface area (Å²) < 4.78 is 32.2. The highest BCUT2D eigenvalue weighted by Gasteiger charge is 2.31. The standard InChI is InChI=1S/C33H41Cl2N3O5S/c1-4-6-20-36-33(40)31(22-25-11-8-7-9-12-25)37(24-26-14-15-27(34)23-30(26)35)32(39)13-10-21-38(44(3,41)42)28-16-18-29(19-17-28)43-5-2/h7-9,11-12,14-19,23,31H,4-6,10,13,20-22,24H2,1-3H3,(H,36,40)/t31-/m0/s1. The summed E-state index contributed by atoms with van der Waals surface area (Å²) >= 11 is 12.6. The van der Waals surface area contributed by atoms with Crippen molar-refractivity contribution < 1.29 is 22.7 Å². The highest BCUT2D eigenvalue weighted by Crippen LogP contribution is 2.26. The average molecular weight is 663 g/mol. The lowest BCUT2D eigenvalue weighted by molar-refractivity contribution is -0.141. The zero-order valence-electron chi connectivity index (χ0n) is 25.5. The van der Waals surface area contributed by atoms with E-state index >= 15 is 0 Å². The van der Waals surface area contributed by atoms with Gasteiger partial charge in [-0.1, -0.05) is 72.9 Å². The van der Waals surface area contributed by atoms with Crippen LogP contribution >= 0.6 is 23.2 Å². The topological polar surface area (TPSA) is 96.0 Å². The quantitative estimate of drug-likeness (QED) is 0.167. The highest BCUT2D eigenvalue weighted by molar-refractivity contribution is 7.92. The van der Waals surface area contributed by atoms with Gasteiger partial charge < -0.3 is 15.0 Å². The van der Waals surface area contributed by atoms with E-state index in [1.165, 1.54) is 4.31 Å². The van der Waals surface area contributed by atoms with E-state index in [0.717, 1.165) is 24.7 Å². The van der Waals surface area contributed by atoms with Crippen molar-refractivity contribution in [3.05, 3.63) is 94.0 Å². The first-order chi connectivity index (χ1) is 21.0. The maximum atomic E-state index is 14.0. The lowest BCUT2D eigenvalue weighted by Crippen LogP contribution is -2.50. The van der Waals surface area contributed by atoms with Crippen LogP contribution in [0.25, 0.3) is 0 Å². The summed E-state index contributed by atoms with van der Waals surface area (Å²) in [7, 11) is -3.63. The van der Waals surface area contributed by atoms with E-state index in [-0.39, 0.29) is 37.7 Å². The third-order valence-corrected chi connectivity index (χ3v) is 8.83. The molecule has 11 heteroatoms. The normalized spacial score (nSPS) is 11.9. The molecule has 3 rings (SSSR count). The van der Waals surface area contributed by atoms with Crippen LogP contribution in [0.3, 0.4) is 0 Å². The number of unbranched alkanes of at least 4 members (excludes halogenated alkanes) is 1. The van der Waals surface area contributed by atoms with Crippen molar-refractivity contribution in [3.8, 4) is 5.75 Å². The minimum atomic E-state index is -3.63. The summed E-state index contributed by atoms with van der Waals surface area (Å²) in [5, 5.41) is 3.84. The van der Waals surface area contributed by atoms with E-state index in [2.05, 4.69) is 5.32 Å². The zero-order chi connectivity index (χ0) is 32.1. The van der Waals surface area contributed by atoms with Crippen molar-refractivity contribution in [1.82, 2.24) is 10.2 Å². The van der Waals surface area contributed by atoms with Crippen molar-refractivity contribution in [1.29, 1.82) is 0 Å². The van der Waals surface area contributed by atoms with Crippen LogP contribution in [0.5, 0.6) is 5.75 Å². The summed E-state index contributed by atoms with van der Waals surface area (Å²) in [6.45, 7) is 5.07. The van der Waals surface area contributed by atoms with Crippen LogP contribution in [-0.4, -0.2) is 57.1 Å². The first-order valence-electron chi connectivity index (χ1n) is 14.8. The molecule has 3 aromatic carbocycles. The molecule has 1 N–H and O–H groups in total. The van der Waals surface area contributed by atoms with Crippen molar-refractivity contribution >= 4 is 50.7 Å². The van der Waals surface area contributed by atoms with E-state index in [9.17, 15) is 18.0 Å². The molecule has 3 aromatic rings. The fourth-order valence-corrected chi connectivity index (χ4v) is 6.21. The van der Waals surface area contributed by atoms with E-state index in [4.69, 9.17) is 27.9 Å². The molecule has 8 nitrogen and oxygen atoms in total. The molecule has 0 bridgehead atoms. The number of carbonyl (C=O) groups is 2. The zero-order valence-corrected chi connectivity index (χ0v) is 27.8. The van der Waals surface area contributed by atoms with Crippen LogP contribution in [0.1, 0.15) is 50.7 Å². The number of halogens is 2. The number of hydrogen-bond donors (Lipinski definition) is 1. The fourth-order valence-electron chi connectivity index (χ4n) is 4.77. The van der Waals surface area contributed by atoms with Crippen molar-refractivity contribution in [2.45, 2.75) is 58.5 Å². The molecular formula is C33H41Cl2N3O5S. The van der Waals surface area contributed by atoms with Crippen molar-refractivity contribution in [2.24, 2.45) is 0 Å². The van der Waals surface area contributed by atoms with Gasteiger partial charge >= 0.3 is 0 Å². The predicted molar refractivity (Wildman–Crippen MR) is 178 cm³/mol. The minimum Gasteiger partial charge on any atom is -0.494 e. The molecular weight excluding hydrogens is 621 g/mol. The first-order valence-corrected chi connectivity index (χ1v) is 17.4. The molecule has 0 unspecified atom stereocenters. The Morgan fingerprint density at radius 3 is 2.27 bits per heavy atom. The molecule has 238 valence electrons. The first kappa shape index (κ1) is 35.2. The summed E-state index contributed by atoms with van der Waals surface area (Å²) in [4.78, 5) is 29.1. The van der Waals surface area contributed by atoms with Gasteiger partial charge in [0.15, 0.2) is 0 Å². The number of amides is 2. The fraction of sp³-hybridized carbons (Fsp3) is 0.394. The molecule has 2 amide bonds. The minimum absolute atomic E-state index is 0.0157. The molecule has 0 radical (unpaired) electrons. The van der Waals surface area contributed by atoms with Crippen LogP contribution in [-0.2, 0) is 32.6 Å². The maximum Gasteiger partial charge on any atom is 0.243 e. The molecule has 0 saturated heterocycles. The Balaban J connectivity index is 1.88. The van der Waals surface area contributed by atoms with Crippen LogP contribution in [0, 0.1) is 0 Å². The van der Waals surface area contributed by atoms with Crippen LogP contribution in [0.15, 0.2) is 72.8 Å². The summed E-state index contributed by atoms with van der Waals surface area (Å²) in [6.07, 6.45) is 3.42. The van der Waals surface area contributed by atoms with E-state index < -0.39 is 16.1 Å². The summed E-state index contributed by atoms with van der Waals surface area (Å²) in [5.41, 5.74) is 2.03. The van der Waals surface area contributed by atoms with Crippen molar-refractivity contribution in [2.75, 3.05) is 30.3 Å². The largest absolute Gasteiger partial charge is 0.494 e. The Labute approximate surface area is 271 Å². The molecule has 0 heterocycles. The van der Waals surface area contributed by atoms with E-state index in [1.54, 1.807) is 47.4 Å². The van der Waals surface area contributed by atoms with Gasteiger partial charge in [0.2, 0.25) is 21.8 Å². The molecule has 0 aliphatic heterocycles. The maximum absolute atomic E-state index is 14.0. The number of rotatable bonds is 17. The van der Waals surface area contributed by atoms with Gasteiger partial charge in [-0.2, -0.15) is 0 Å². The number of nitrogens with one attached hydrogen (secondary N) is 1. The highest BCUT2D eigenvalue weighted by atomic mass is 35.5. The Morgan fingerprint density at radius 2 is 1.66 bits per heavy atom. The molecule has 0 spiro atoms. The Kier molecular flexibility index (Phi) is 13.8. The van der Waals surface area contributed by atoms with Gasteiger partial charge in [-0.25, -0.2) is 8.42 Å². The summed E-state index contributed by atoms with van der Waals surface area (Å²) in [6, 6.07) is 20.5. The van der Waals surface area contributed by atoms with E-state index in [1.807, 2.05) is 44.2 Å². The average Bonchev–Trinajstić information content (AvgIpc) is 2.98. The van der Waals surface area contributed by atoms with Gasteiger partial charge in [0, 0.05) is 42.5 Å². The number of nitrogens with zero attached hydrogens (tertiary/aromatic N) is 2. The van der Waals surface area contributed by atoms with Gasteiger partial charge in [0.05, 0.1) is 18.6 Å². The van der Waals surface area contributed by atoms with Gasteiger partial charge in [-0.15, -0.1) is 0 Å².